The molecule has 168 valence electrons. The summed E-state index contributed by atoms with van der Waals surface area (Å²) in [5, 5.41) is 2.88. The lowest BCUT2D eigenvalue weighted by Gasteiger charge is -2.40. The quantitative estimate of drug-likeness (QED) is 0.712. The maximum Gasteiger partial charge on any atom is 0.254 e. The van der Waals surface area contributed by atoms with Crippen molar-refractivity contribution in [2.75, 3.05) is 13.1 Å². The molecule has 2 aliphatic carbocycles. The van der Waals surface area contributed by atoms with Crippen molar-refractivity contribution >= 4 is 17.6 Å². The Balaban J connectivity index is 1.46. The summed E-state index contributed by atoms with van der Waals surface area (Å²) in [6.45, 7) is 4.94. The van der Waals surface area contributed by atoms with E-state index >= 15 is 0 Å². The third-order valence-electron chi connectivity index (χ3n) is 7.11. The van der Waals surface area contributed by atoms with Gasteiger partial charge in [0, 0.05) is 30.8 Å². The monoisotopic (exact) mass is 428 g/mol. The SMILES string of the molecule is CC(C)C(=O)[C@H](NC(=O)c1cc(C2CN(C(=O)C3CC3)C2)ccc1F)C1CCCCC1. The molecule has 0 spiro atoms. The molecule has 1 saturated heterocycles. The molecule has 5 nitrogen and oxygen atoms in total. The molecule has 1 aromatic rings. The lowest BCUT2D eigenvalue weighted by molar-refractivity contribution is -0.137. The number of benzene rings is 1. The summed E-state index contributed by atoms with van der Waals surface area (Å²) >= 11 is 0. The number of Topliss-reactive ketones (excluding diaryl/α,β-unsaturated/α-hetero) is 1. The van der Waals surface area contributed by atoms with Crippen LogP contribution in [0.25, 0.3) is 0 Å². The number of ketones is 1. The summed E-state index contributed by atoms with van der Waals surface area (Å²) in [4.78, 5) is 39.9. The molecule has 4 rings (SSSR count). The first-order valence-electron chi connectivity index (χ1n) is 11.8. The Morgan fingerprint density at radius 1 is 1.03 bits per heavy atom. The van der Waals surface area contributed by atoms with E-state index in [2.05, 4.69) is 5.32 Å². The molecule has 1 aromatic carbocycles. The first kappa shape index (κ1) is 22.0. The van der Waals surface area contributed by atoms with Gasteiger partial charge < -0.3 is 10.2 Å². The third-order valence-corrected chi connectivity index (χ3v) is 7.11. The minimum Gasteiger partial charge on any atom is -0.342 e. The average Bonchev–Trinajstić information content (AvgIpc) is 3.57. The minimum atomic E-state index is -0.578. The van der Waals surface area contributed by atoms with Gasteiger partial charge in [0.15, 0.2) is 5.78 Å². The number of likely N-dealkylation sites (tertiary alicyclic amines) is 1. The minimum absolute atomic E-state index is 0.0122. The van der Waals surface area contributed by atoms with Crippen LogP contribution >= 0.6 is 0 Å². The van der Waals surface area contributed by atoms with Crippen LogP contribution in [0.3, 0.4) is 0 Å². The molecule has 1 N–H and O–H groups in total. The highest BCUT2D eigenvalue weighted by molar-refractivity contribution is 5.98. The van der Waals surface area contributed by atoms with Crippen LogP contribution in [-0.4, -0.2) is 41.6 Å². The maximum atomic E-state index is 14.6. The van der Waals surface area contributed by atoms with Crippen molar-refractivity contribution in [3.05, 3.63) is 35.1 Å². The predicted molar refractivity (Wildman–Crippen MR) is 116 cm³/mol. The molecule has 0 radical (unpaired) electrons. The number of rotatable bonds is 7. The molecule has 0 aromatic heterocycles. The van der Waals surface area contributed by atoms with E-state index in [1.165, 1.54) is 6.07 Å². The van der Waals surface area contributed by atoms with Crippen LogP contribution in [0.4, 0.5) is 4.39 Å². The van der Waals surface area contributed by atoms with E-state index in [9.17, 15) is 18.8 Å². The second-order valence-corrected chi connectivity index (χ2v) is 9.86. The molecule has 6 heteroatoms. The Morgan fingerprint density at radius 2 is 1.71 bits per heavy atom. The van der Waals surface area contributed by atoms with E-state index in [0.717, 1.165) is 50.5 Å². The van der Waals surface area contributed by atoms with Gasteiger partial charge in [0.25, 0.3) is 5.91 Å². The number of nitrogens with zero attached hydrogens (tertiary/aromatic N) is 1. The number of carbonyl (C=O) groups excluding carboxylic acids is 3. The number of amides is 2. The zero-order valence-electron chi connectivity index (χ0n) is 18.5. The molecule has 1 aliphatic heterocycles. The highest BCUT2D eigenvalue weighted by Crippen LogP contribution is 2.36. The van der Waals surface area contributed by atoms with E-state index in [1.54, 1.807) is 12.1 Å². The van der Waals surface area contributed by atoms with Crippen molar-refractivity contribution in [2.45, 2.75) is 70.8 Å². The molecule has 0 bridgehead atoms. The zero-order valence-corrected chi connectivity index (χ0v) is 18.5. The van der Waals surface area contributed by atoms with Crippen molar-refractivity contribution in [3.63, 3.8) is 0 Å². The Kier molecular flexibility index (Phi) is 6.44. The van der Waals surface area contributed by atoms with Crippen LogP contribution in [0.15, 0.2) is 18.2 Å². The summed E-state index contributed by atoms with van der Waals surface area (Å²) < 4.78 is 14.6. The molecule has 3 aliphatic rings. The number of nitrogens with one attached hydrogen (secondary N) is 1. The fraction of sp³-hybridized carbons (Fsp3) is 0.640. The fourth-order valence-corrected chi connectivity index (χ4v) is 4.90. The number of carbonyl (C=O) groups is 3. The van der Waals surface area contributed by atoms with E-state index in [1.807, 2.05) is 18.7 Å². The van der Waals surface area contributed by atoms with E-state index < -0.39 is 17.8 Å². The summed E-state index contributed by atoms with van der Waals surface area (Å²) in [6.07, 6.45) is 7.08. The van der Waals surface area contributed by atoms with Gasteiger partial charge in [0.05, 0.1) is 11.6 Å². The third kappa shape index (κ3) is 4.83. The molecular formula is C25H33FN2O3. The van der Waals surface area contributed by atoms with Gasteiger partial charge in [-0.3, -0.25) is 14.4 Å². The molecule has 2 saturated carbocycles. The molecule has 31 heavy (non-hydrogen) atoms. The Hall–Kier alpha value is -2.24. The highest BCUT2D eigenvalue weighted by Gasteiger charge is 2.40. The lowest BCUT2D eigenvalue weighted by Crippen LogP contribution is -2.49. The van der Waals surface area contributed by atoms with Gasteiger partial charge in [-0.2, -0.15) is 0 Å². The van der Waals surface area contributed by atoms with Gasteiger partial charge in [-0.05, 0) is 49.3 Å². The van der Waals surface area contributed by atoms with Crippen molar-refractivity contribution < 1.29 is 18.8 Å². The molecule has 3 fully saturated rings. The lowest BCUT2D eigenvalue weighted by atomic mass is 9.80. The van der Waals surface area contributed by atoms with Crippen LogP contribution < -0.4 is 5.32 Å². The molecule has 2 amide bonds. The molecule has 0 unspecified atom stereocenters. The van der Waals surface area contributed by atoms with E-state index in [0.29, 0.717) is 13.1 Å². The van der Waals surface area contributed by atoms with Crippen molar-refractivity contribution in [3.8, 4) is 0 Å². The summed E-state index contributed by atoms with van der Waals surface area (Å²) in [5.41, 5.74) is 0.859. The van der Waals surface area contributed by atoms with Crippen LogP contribution in [0.5, 0.6) is 0 Å². The van der Waals surface area contributed by atoms with Crippen molar-refractivity contribution in [2.24, 2.45) is 17.8 Å². The Labute approximate surface area is 183 Å². The van der Waals surface area contributed by atoms with Gasteiger partial charge >= 0.3 is 0 Å². The van der Waals surface area contributed by atoms with Crippen LogP contribution in [0.2, 0.25) is 0 Å². The standard InChI is InChI=1S/C25H33FN2O3/c1-15(2)23(29)22(16-6-4-3-5-7-16)27-24(30)20-12-18(10-11-21(20)26)19-13-28(14-19)25(31)17-8-9-17/h10-12,15-17,19,22H,3-9,13-14H2,1-2H3,(H,27,30)/t22-/m1/s1. The summed E-state index contributed by atoms with van der Waals surface area (Å²) in [7, 11) is 0. The van der Waals surface area contributed by atoms with Gasteiger partial charge in [-0.1, -0.05) is 39.2 Å². The van der Waals surface area contributed by atoms with Gasteiger partial charge in [0.1, 0.15) is 5.82 Å². The number of halogens is 1. The number of hydrogen-bond acceptors (Lipinski definition) is 3. The topological polar surface area (TPSA) is 66.5 Å². The molecule has 1 atom stereocenters. The fourth-order valence-electron chi connectivity index (χ4n) is 4.90. The normalized spacial score (nSPS) is 21.0. The van der Waals surface area contributed by atoms with Gasteiger partial charge in [0.2, 0.25) is 5.91 Å². The average molecular weight is 429 g/mol. The maximum absolute atomic E-state index is 14.6. The van der Waals surface area contributed by atoms with Crippen LogP contribution in [0.1, 0.15) is 80.6 Å². The second kappa shape index (κ2) is 9.09. The summed E-state index contributed by atoms with van der Waals surface area (Å²) in [5.74, 6) is -0.600. The predicted octanol–water partition coefficient (Wildman–Crippen LogP) is 4.07. The highest BCUT2D eigenvalue weighted by atomic mass is 19.1. The first-order valence-corrected chi connectivity index (χ1v) is 11.8. The van der Waals surface area contributed by atoms with Gasteiger partial charge in [-0.15, -0.1) is 0 Å². The van der Waals surface area contributed by atoms with Gasteiger partial charge in [-0.25, -0.2) is 4.39 Å². The first-order chi connectivity index (χ1) is 14.8. The Bertz CT molecular complexity index is 852. The Morgan fingerprint density at radius 3 is 2.32 bits per heavy atom. The summed E-state index contributed by atoms with van der Waals surface area (Å²) in [6, 6.07) is 4.07. The number of hydrogen-bond donors (Lipinski definition) is 1. The van der Waals surface area contributed by atoms with Crippen LogP contribution in [-0.2, 0) is 9.59 Å². The van der Waals surface area contributed by atoms with E-state index in [4.69, 9.17) is 0 Å². The second-order valence-electron chi connectivity index (χ2n) is 9.86. The molecule has 1 heterocycles. The smallest absolute Gasteiger partial charge is 0.254 e. The van der Waals surface area contributed by atoms with Crippen molar-refractivity contribution in [1.82, 2.24) is 10.2 Å². The molecular weight excluding hydrogens is 395 g/mol. The van der Waals surface area contributed by atoms with Crippen LogP contribution in [0, 0.1) is 23.6 Å². The largest absolute Gasteiger partial charge is 0.342 e. The van der Waals surface area contributed by atoms with Crippen molar-refractivity contribution in [1.29, 1.82) is 0 Å². The zero-order chi connectivity index (χ0) is 22.1. The van der Waals surface area contributed by atoms with E-state index in [-0.39, 0.29) is 40.9 Å².